The molecule has 3 unspecified atom stereocenters. The molecule has 0 radical (unpaired) electrons. The van der Waals surface area contributed by atoms with Gasteiger partial charge >= 0.3 is 0 Å². The lowest BCUT2D eigenvalue weighted by Gasteiger charge is -2.42. The molecule has 1 aromatic heterocycles. The average molecular weight is 518 g/mol. The molecule has 5 aliphatic rings. The number of aromatic nitrogens is 1. The molecule has 1 heterocycles. The third-order valence-electron chi connectivity index (χ3n) is 9.70. The Morgan fingerprint density at radius 2 is 1.68 bits per heavy atom. The van der Waals surface area contributed by atoms with Gasteiger partial charge in [-0.1, -0.05) is 115 Å². The van der Waals surface area contributed by atoms with E-state index in [1.807, 2.05) is 0 Å². The highest BCUT2D eigenvalue weighted by molar-refractivity contribution is 5.92. The first-order valence-corrected chi connectivity index (χ1v) is 15.0. The van der Waals surface area contributed by atoms with Gasteiger partial charge < -0.3 is 4.57 Å². The van der Waals surface area contributed by atoms with E-state index in [-0.39, 0.29) is 0 Å². The number of hydrogen-bond acceptors (Lipinski definition) is 0. The molecule has 1 heteroatoms. The molecule has 1 nitrogen and oxygen atoms in total. The minimum Gasteiger partial charge on any atom is -0.313 e. The van der Waals surface area contributed by atoms with Crippen molar-refractivity contribution in [3.8, 4) is 0 Å². The maximum atomic E-state index is 2.55. The van der Waals surface area contributed by atoms with Crippen molar-refractivity contribution in [1.29, 1.82) is 0 Å². The summed E-state index contributed by atoms with van der Waals surface area (Å²) in [6, 6.07) is 20.0. The Morgan fingerprint density at radius 3 is 2.55 bits per heavy atom. The molecule has 0 aliphatic heterocycles. The first-order valence-electron chi connectivity index (χ1n) is 15.0. The van der Waals surface area contributed by atoms with Crippen molar-refractivity contribution >= 4 is 28.2 Å². The number of aryl methyl sites for hydroxylation is 1. The fourth-order valence-electron chi connectivity index (χ4n) is 7.97. The first kappa shape index (κ1) is 23.8. The van der Waals surface area contributed by atoms with Crippen LogP contribution < -0.4 is 0 Å². The second-order valence-electron chi connectivity index (χ2n) is 11.9. The van der Waals surface area contributed by atoms with Crippen molar-refractivity contribution in [3.63, 3.8) is 0 Å². The zero-order chi connectivity index (χ0) is 26.6. The van der Waals surface area contributed by atoms with Crippen molar-refractivity contribution in [2.75, 3.05) is 0 Å². The van der Waals surface area contributed by atoms with E-state index in [2.05, 4.69) is 127 Å². The number of rotatable bonds is 3. The van der Waals surface area contributed by atoms with E-state index in [0.29, 0.717) is 17.8 Å². The molecule has 0 spiro atoms. The fraction of sp³-hybridized carbons (Fsp3) is 0.231. The Labute approximate surface area is 237 Å². The van der Waals surface area contributed by atoms with Crippen LogP contribution in [0.1, 0.15) is 49.4 Å². The van der Waals surface area contributed by atoms with E-state index in [0.717, 1.165) is 32.1 Å². The summed E-state index contributed by atoms with van der Waals surface area (Å²) in [5, 5.41) is 1.42. The lowest BCUT2D eigenvalue weighted by molar-refractivity contribution is 0.483. The van der Waals surface area contributed by atoms with E-state index in [9.17, 15) is 0 Å². The van der Waals surface area contributed by atoms with Crippen LogP contribution in [0.15, 0.2) is 132 Å². The second kappa shape index (κ2) is 9.52. The first-order chi connectivity index (χ1) is 19.8. The molecule has 3 atom stereocenters. The number of hydrogen-bond donors (Lipinski definition) is 0. The Balaban J connectivity index is 1.27. The van der Waals surface area contributed by atoms with E-state index in [1.165, 1.54) is 50.1 Å². The molecule has 2 aromatic carbocycles. The molecular formula is C39H35N. The highest BCUT2D eigenvalue weighted by Crippen LogP contribution is 2.53. The van der Waals surface area contributed by atoms with E-state index < -0.39 is 0 Å². The third kappa shape index (κ3) is 3.60. The highest BCUT2D eigenvalue weighted by atomic mass is 15.0. The smallest absolute Gasteiger partial charge is 0.0534 e. The fourth-order valence-corrected chi connectivity index (χ4v) is 7.97. The summed E-state index contributed by atoms with van der Waals surface area (Å²) >= 11 is 0. The SMILES string of the molecule is CC1CC=CC2=C1C(C1=CC=C(n3c4c(c5ccccc53)CCC=C4)CC1)C1C=CC=CC1=C2c1ccccc1. The van der Waals surface area contributed by atoms with Crippen molar-refractivity contribution in [2.45, 2.75) is 39.0 Å². The van der Waals surface area contributed by atoms with Gasteiger partial charge in [0.2, 0.25) is 0 Å². The van der Waals surface area contributed by atoms with Crippen LogP contribution in [-0.4, -0.2) is 4.57 Å². The topological polar surface area (TPSA) is 4.93 Å². The summed E-state index contributed by atoms with van der Waals surface area (Å²) in [4.78, 5) is 0. The summed E-state index contributed by atoms with van der Waals surface area (Å²) in [5.41, 5.74) is 14.6. The Morgan fingerprint density at radius 1 is 0.800 bits per heavy atom. The number of allylic oxidation sites excluding steroid dienone is 15. The van der Waals surface area contributed by atoms with Gasteiger partial charge in [-0.15, -0.1) is 0 Å². The average Bonchev–Trinajstić information content (AvgIpc) is 3.35. The van der Waals surface area contributed by atoms with E-state index in [4.69, 9.17) is 0 Å². The van der Waals surface area contributed by atoms with Crippen molar-refractivity contribution < 1.29 is 0 Å². The van der Waals surface area contributed by atoms with Gasteiger partial charge in [0.15, 0.2) is 0 Å². The van der Waals surface area contributed by atoms with Crippen LogP contribution in [0.25, 0.3) is 28.2 Å². The predicted molar refractivity (Wildman–Crippen MR) is 169 cm³/mol. The van der Waals surface area contributed by atoms with Crippen molar-refractivity contribution in [2.24, 2.45) is 17.8 Å². The zero-order valence-electron chi connectivity index (χ0n) is 23.2. The standard InChI is InChI=1S/C39H35N/c1-26-12-11-19-34-37(26)39(33-18-6-5-17-32(33)38(34)27-13-3-2-4-14-27)28-22-24-29(25-23-28)40-35-20-9-7-15-30(35)31-16-8-10-21-36(31)40/h2-7,9-11,13-15,17-22,24,26,33,39H,8,12,16,23,25H2,1H3. The summed E-state index contributed by atoms with van der Waals surface area (Å²) in [5.74, 6) is 1.35. The van der Waals surface area contributed by atoms with Gasteiger partial charge in [-0.05, 0) is 84.1 Å². The second-order valence-corrected chi connectivity index (χ2v) is 11.9. The van der Waals surface area contributed by atoms with Gasteiger partial charge in [-0.25, -0.2) is 0 Å². The Bertz CT molecular complexity index is 1770. The molecule has 0 amide bonds. The lowest BCUT2D eigenvalue weighted by atomic mass is 9.61. The molecule has 5 aliphatic carbocycles. The van der Waals surface area contributed by atoms with Gasteiger partial charge in [0.25, 0.3) is 0 Å². The number of nitrogens with zero attached hydrogens (tertiary/aromatic N) is 1. The zero-order valence-corrected chi connectivity index (χ0v) is 23.2. The molecule has 0 saturated heterocycles. The summed E-state index contributed by atoms with van der Waals surface area (Å²) in [6.45, 7) is 2.44. The van der Waals surface area contributed by atoms with Crippen molar-refractivity contribution in [3.05, 3.63) is 148 Å². The quantitative estimate of drug-likeness (QED) is 0.326. The number of fused-ring (bicyclic) bond motifs is 4. The number of benzene rings is 2. The Hall–Kier alpha value is -4.10. The monoisotopic (exact) mass is 517 g/mol. The molecule has 196 valence electrons. The predicted octanol–water partition coefficient (Wildman–Crippen LogP) is 9.88. The van der Waals surface area contributed by atoms with E-state index in [1.54, 1.807) is 11.1 Å². The molecule has 40 heavy (non-hydrogen) atoms. The minimum atomic E-state index is 0.386. The van der Waals surface area contributed by atoms with Crippen LogP contribution in [0.5, 0.6) is 0 Å². The maximum absolute atomic E-state index is 2.55. The summed E-state index contributed by atoms with van der Waals surface area (Å²) in [6.07, 6.45) is 29.4. The summed E-state index contributed by atoms with van der Waals surface area (Å²) in [7, 11) is 0. The van der Waals surface area contributed by atoms with Crippen LogP contribution in [0, 0.1) is 17.8 Å². The van der Waals surface area contributed by atoms with Gasteiger partial charge in [-0.3, -0.25) is 0 Å². The summed E-state index contributed by atoms with van der Waals surface area (Å²) < 4.78 is 2.55. The molecule has 0 saturated carbocycles. The molecule has 8 rings (SSSR count). The van der Waals surface area contributed by atoms with Crippen LogP contribution in [-0.2, 0) is 6.42 Å². The van der Waals surface area contributed by atoms with Gasteiger partial charge in [-0.2, -0.15) is 0 Å². The van der Waals surface area contributed by atoms with Crippen LogP contribution in [0.2, 0.25) is 0 Å². The maximum Gasteiger partial charge on any atom is 0.0534 e. The van der Waals surface area contributed by atoms with Gasteiger partial charge in [0.05, 0.1) is 5.52 Å². The Kier molecular flexibility index (Phi) is 5.66. The molecule has 0 N–H and O–H groups in total. The molecule has 3 aromatic rings. The molecule has 0 bridgehead atoms. The number of para-hydroxylation sites is 1. The van der Waals surface area contributed by atoms with Crippen LogP contribution in [0.4, 0.5) is 0 Å². The highest BCUT2D eigenvalue weighted by Gasteiger charge is 2.40. The van der Waals surface area contributed by atoms with Crippen LogP contribution >= 0.6 is 0 Å². The van der Waals surface area contributed by atoms with Crippen molar-refractivity contribution in [1.82, 2.24) is 4.57 Å². The third-order valence-corrected chi connectivity index (χ3v) is 9.70. The largest absolute Gasteiger partial charge is 0.313 e. The van der Waals surface area contributed by atoms with Crippen LogP contribution in [0.3, 0.4) is 0 Å². The minimum absolute atomic E-state index is 0.386. The van der Waals surface area contributed by atoms with Gasteiger partial charge in [0.1, 0.15) is 0 Å². The van der Waals surface area contributed by atoms with Gasteiger partial charge in [0, 0.05) is 28.6 Å². The van der Waals surface area contributed by atoms with E-state index >= 15 is 0 Å². The lowest BCUT2D eigenvalue weighted by Crippen LogP contribution is -2.30. The normalized spacial score (nSPS) is 25.1. The molecular weight excluding hydrogens is 482 g/mol. The molecule has 0 fully saturated rings.